The van der Waals surface area contributed by atoms with Crippen LogP contribution in [0.3, 0.4) is 0 Å². The van der Waals surface area contributed by atoms with Crippen LogP contribution in [0, 0.1) is 23.1 Å². The van der Waals surface area contributed by atoms with Crippen LogP contribution < -0.4 is 19.5 Å². The summed E-state index contributed by atoms with van der Waals surface area (Å²) in [5.74, 6) is 1.15. The molecule has 0 radical (unpaired) electrons. The van der Waals surface area contributed by atoms with E-state index in [1.807, 2.05) is 6.07 Å². The van der Waals surface area contributed by atoms with Crippen LogP contribution in [0.4, 0.5) is 4.39 Å². The number of halogens is 1. The first-order valence-electron chi connectivity index (χ1n) is 12.0. The molecule has 1 fully saturated rings. The number of benzene rings is 1. The van der Waals surface area contributed by atoms with E-state index in [0.29, 0.717) is 91.9 Å². The van der Waals surface area contributed by atoms with Crippen LogP contribution in [-0.4, -0.2) is 72.6 Å². The quantitative estimate of drug-likeness (QED) is 0.487. The van der Waals surface area contributed by atoms with Crippen molar-refractivity contribution in [3.8, 4) is 23.4 Å². The molecule has 2 N–H and O–H groups in total. The van der Waals surface area contributed by atoms with E-state index in [0.717, 1.165) is 5.56 Å². The van der Waals surface area contributed by atoms with Gasteiger partial charge in [-0.05, 0) is 30.2 Å². The lowest BCUT2D eigenvalue weighted by Gasteiger charge is -2.20. The van der Waals surface area contributed by atoms with E-state index in [9.17, 15) is 14.8 Å². The average Bonchev–Trinajstić information content (AvgIpc) is 3.26. The Hall–Kier alpha value is -3.52. The van der Waals surface area contributed by atoms with Gasteiger partial charge in [0.25, 0.3) is 0 Å². The number of nitrogens with one attached hydrogen (secondary N) is 1. The standard InChI is InChI=1S/C26H28FN5O4/c1-34-24-3-2-21-25(31-24)19(20(27)13-30-21)4-5-32-14-18(22(33)15-32)12-29-11-16-8-17(10-28)26-23(9-16)35-6-7-36-26/h2-3,8-9,13,18,22,29,33H,4-7,11-12,14-15H2,1H3/t18-,22+/m0/s1. The Bertz CT molecular complexity index is 1300. The van der Waals surface area contributed by atoms with E-state index in [1.165, 1.54) is 13.3 Å². The molecule has 2 aliphatic rings. The maximum atomic E-state index is 14.6. The molecule has 0 amide bonds. The highest BCUT2D eigenvalue weighted by molar-refractivity contribution is 5.78. The number of aliphatic hydroxyl groups is 1. The van der Waals surface area contributed by atoms with Crippen LogP contribution in [0.5, 0.6) is 17.4 Å². The molecule has 0 aliphatic carbocycles. The normalized spacial score (nSPS) is 19.4. The van der Waals surface area contributed by atoms with E-state index in [1.54, 1.807) is 18.2 Å². The second kappa shape index (κ2) is 10.6. The van der Waals surface area contributed by atoms with Crippen molar-refractivity contribution in [2.45, 2.75) is 19.1 Å². The van der Waals surface area contributed by atoms with Gasteiger partial charge in [-0.3, -0.25) is 4.98 Å². The molecule has 1 saturated heterocycles. The lowest BCUT2D eigenvalue weighted by atomic mass is 10.1. The summed E-state index contributed by atoms with van der Waals surface area (Å²) in [7, 11) is 1.52. The van der Waals surface area contributed by atoms with Crippen LogP contribution in [0.1, 0.15) is 16.7 Å². The predicted molar refractivity (Wildman–Crippen MR) is 130 cm³/mol. The Balaban J connectivity index is 1.17. The SMILES string of the molecule is COc1ccc2ncc(F)c(CCN3C[C@H](CNCc4cc(C#N)c5c(c4)OCCO5)[C@H](O)C3)c2n1. The third-order valence-corrected chi connectivity index (χ3v) is 6.67. The number of methoxy groups -OCH3 is 1. The monoisotopic (exact) mass is 493 g/mol. The second-order valence-corrected chi connectivity index (χ2v) is 9.05. The summed E-state index contributed by atoms with van der Waals surface area (Å²) < 4.78 is 31.0. The van der Waals surface area contributed by atoms with Gasteiger partial charge in [0, 0.05) is 50.3 Å². The van der Waals surface area contributed by atoms with Crippen molar-refractivity contribution < 1.29 is 23.7 Å². The number of hydrogen-bond acceptors (Lipinski definition) is 9. The summed E-state index contributed by atoms with van der Waals surface area (Å²) in [4.78, 5) is 10.7. The highest BCUT2D eigenvalue weighted by Crippen LogP contribution is 2.35. The molecule has 2 aliphatic heterocycles. The minimum atomic E-state index is -0.482. The fourth-order valence-corrected chi connectivity index (χ4v) is 4.82. The smallest absolute Gasteiger partial charge is 0.213 e. The van der Waals surface area contributed by atoms with Crippen LogP contribution in [0.2, 0.25) is 0 Å². The first-order chi connectivity index (χ1) is 17.6. The first-order valence-corrected chi connectivity index (χ1v) is 12.0. The van der Waals surface area contributed by atoms with E-state index in [2.05, 4.69) is 26.3 Å². The molecule has 4 heterocycles. The summed E-state index contributed by atoms with van der Waals surface area (Å²) in [5.41, 5.74) is 3.00. The largest absolute Gasteiger partial charge is 0.486 e. The number of β-amino-alcohol motifs (C(OH)–C–C–N with tert-alkyl or cyclic N) is 1. The number of fused-ring (bicyclic) bond motifs is 2. The van der Waals surface area contributed by atoms with Gasteiger partial charge in [0.2, 0.25) is 5.88 Å². The number of nitriles is 1. The average molecular weight is 494 g/mol. The van der Waals surface area contributed by atoms with Crippen molar-refractivity contribution in [1.29, 1.82) is 5.26 Å². The summed E-state index contributed by atoms with van der Waals surface area (Å²) in [6.45, 7) is 3.86. The summed E-state index contributed by atoms with van der Waals surface area (Å²) >= 11 is 0. The molecule has 3 aromatic rings. The first kappa shape index (κ1) is 24.2. The molecule has 2 atom stereocenters. The number of pyridine rings is 2. The molecule has 188 valence electrons. The molecule has 5 rings (SSSR count). The zero-order valence-corrected chi connectivity index (χ0v) is 20.0. The summed E-state index contributed by atoms with van der Waals surface area (Å²) in [6, 6.07) is 9.33. The fraction of sp³-hybridized carbons (Fsp3) is 0.423. The molecule has 10 heteroatoms. The zero-order valence-electron chi connectivity index (χ0n) is 20.0. The van der Waals surface area contributed by atoms with Gasteiger partial charge in [-0.1, -0.05) is 0 Å². The van der Waals surface area contributed by atoms with Crippen LogP contribution in [0.25, 0.3) is 11.0 Å². The van der Waals surface area contributed by atoms with Gasteiger partial charge >= 0.3 is 0 Å². The lowest BCUT2D eigenvalue weighted by Crippen LogP contribution is -2.30. The van der Waals surface area contributed by atoms with E-state index in [4.69, 9.17) is 14.2 Å². The number of nitrogens with zero attached hydrogens (tertiary/aromatic N) is 4. The Morgan fingerprint density at radius 1 is 1.28 bits per heavy atom. The highest BCUT2D eigenvalue weighted by atomic mass is 19.1. The minimum Gasteiger partial charge on any atom is -0.486 e. The van der Waals surface area contributed by atoms with Gasteiger partial charge in [0.05, 0.1) is 36.0 Å². The van der Waals surface area contributed by atoms with Gasteiger partial charge in [0.1, 0.15) is 25.1 Å². The number of hydrogen-bond donors (Lipinski definition) is 2. The van der Waals surface area contributed by atoms with E-state index in [-0.39, 0.29) is 5.92 Å². The molecule has 1 aromatic carbocycles. The van der Waals surface area contributed by atoms with E-state index >= 15 is 0 Å². The number of ether oxygens (including phenoxy) is 3. The molecule has 0 saturated carbocycles. The Morgan fingerprint density at radius 2 is 2.14 bits per heavy atom. The predicted octanol–water partition coefficient (Wildman–Crippen LogP) is 2.05. The Kier molecular flexibility index (Phi) is 7.13. The second-order valence-electron chi connectivity index (χ2n) is 9.05. The van der Waals surface area contributed by atoms with Crippen LogP contribution >= 0.6 is 0 Å². The summed E-state index contributed by atoms with van der Waals surface area (Å²) in [5, 5.41) is 23.4. The van der Waals surface area contributed by atoms with Crippen LogP contribution in [-0.2, 0) is 13.0 Å². The van der Waals surface area contributed by atoms with Crippen molar-refractivity contribution in [2.24, 2.45) is 5.92 Å². The van der Waals surface area contributed by atoms with Gasteiger partial charge in [-0.15, -0.1) is 0 Å². The van der Waals surface area contributed by atoms with Crippen molar-refractivity contribution in [2.75, 3.05) is 46.5 Å². The molecular weight excluding hydrogens is 465 g/mol. The lowest BCUT2D eigenvalue weighted by molar-refractivity contribution is 0.140. The molecule has 0 bridgehead atoms. The third kappa shape index (κ3) is 5.04. The number of rotatable bonds is 8. The Labute approximate surface area is 208 Å². The van der Waals surface area contributed by atoms with Crippen molar-refractivity contribution >= 4 is 11.0 Å². The van der Waals surface area contributed by atoms with Crippen molar-refractivity contribution in [1.82, 2.24) is 20.2 Å². The number of likely N-dealkylation sites (tertiary alicyclic amines) is 1. The summed E-state index contributed by atoms with van der Waals surface area (Å²) in [6.07, 6.45) is 1.20. The molecule has 2 aromatic heterocycles. The van der Waals surface area contributed by atoms with Gasteiger partial charge in [-0.2, -0.15) is 5.26 Å². The van der Waals surface area contributed by atoms with Gasteiger partial charge < -0.3 is 29.5 Å². The molecule has 36 heavy (non-hydrogen) atoms. The fourth-order valence-electron chi connectivity index (χ4n) is 4.82. The molecule has 0 spiro atoms. The number of aliphatic hydroxyl groups excluding tert-OH is 1. The third-order valence-electron chi connectivity index (χ3n) is 6.67. The maximum absolute atomic E-state index is 14.6. The van der Waals surface area contributed by atoms with E-state index < -0.39 is 11.9 Å². The maximum Gasteiger partial charge on any atom is 0.213 e. The number of aromatic nitrogens is 2. The molecule has 9 nitrogen and oxygen atoms in total. The minimum absolute atomic E-state index is 0.0369. The zero-order chi connectivity index (χ0) is 25.1. The molecular formula is C26H28FN5O4. The topological polar surface area (TPSA) is 113 Å². The van der Waals surface area contributed by atoms with Crippen LogP contribution in [0.15, 0.2) is 30.5 Å². The Morgan fingerprint density at radius 3 is 2.97 bits per heavy atom. The van der Waals surface area contributed by atoms with Crippen molar-refractivity contribution in [3.63, 3.8) is 0 Å². The van der Waals surface area contributed by atoms with Gasteiger partial charge in [-0.25, -0.2) is 9.37 Å². The molecule has 0 unspecified atom stereocenters. The van der Waals surface area contributed by atoms with Gasteiger partial charge in [0.15, 0.2) is 11.5 Å². The van der Waals surface area contributed by atoms with Crippen molar-refractivity contribution in [3.05, 3.63) is 53.0 Å². The highest BCUT2D eigenvalue weighted by Gasteiger charge is 2.31.